The third-order valence-corrected chi connectivity index (χ3v) is 6.18. The number of carbonyl (C=O) groups excluding carboxylic acids is 2. The molecule has 2 aromatic carbocycles. The number of aryl methyl sites for hydroxylation is 1. The van der Waals surface area contributed by atoms with Crippen LogP contribution >= 0.6 is 11.3 Å². The van der Waals surface area contributed by atoms with Gasteiger partial charge >= 0.3 is 0 Å². The van der Waals surface area contributed by atoms with Crippen LogP contribution in [0.4, 0.5) is 5.13 Å². The molecule has 7 heteroatoms. The zero-order valence-electron chi connectivity index (χ0n) is 17.5. The molecule has 1 aromatic heterocycles. The molecule has 31 heavy (non-hydrogen) atoms. The third kappa shape index (κ3) is 5.30. The smallest absolute Gasteiger partial charge is 0.254 e. The van der Waals surface area contributed by atoms with E-state index < -0.39 is 0 Å². The van der Waals surface area contributed by atoms with Gasteiger partial charge in [-0.25, -0.2) is 4.98 Å². The normalized spacial score (nSPS) is 12.9. The highest BCUT2D eigenvalue weighted by molar-refractivity contribution is 7.15. The lowest BCUT2D eigenvalue weighted by atomic mass is 10.1. The van der Waals surface area contributed by atoms with Gasteiger partial charge in [0.2, 0.25) is 5.91 Å². The first-order valence-corrected chi connectivity index (χ1v) is 11.2. The molecule has 1 N–H and O–H groups in total. The summed E-state index contributed by atoms with van der Waals surface area (Å²) < 4.78 is 5.74. The summed E-state index contributed by atoms with van der Waals surface area (Å²) in [5, 5.41) is 3.50. The summed E-state index contributed by atoms with van der Waals surface area (Å²) in [5.74, 6) is 0.806. The molecule has 1 aliphatic heterocycles. The molecule has 2 heterocycles. The van der Waals surface area contributed by atoms with Gasteiger partial charge in [0.1, 0.15) is 5.75 Å². The standard InChI is InChI=1S/C24H25N3O3S/c1-17-8-5-6-11-20(17)30-15-7-12-22(28)26-24-25-19-13-14-27(16-21(19)31-24)23(29)18-9-3-2-4-10-18/h2-6,8-11H,7,12-16H2,1H3,(H,25,26,28). The fraction of sp³-hybridized carbons (Fsp3) is 0.292. The maximum atomic E-state index is 12.7. The van der Waals surface area contributed by atoms with Crippen LogP contribution in [-0.4, -0.2) is 34.8 Å². The van der Waals surface area contributed by atoms with Crippen molar-refractivity contribution in [3.8, 4) is 5.75 Å². The summed E-state index contributed by atoms with van der Waals surface area (Å²) in [7, 11) is 0. The Morgan fingerprint density at radius 3 is 2.71 bits per heavy atom. The van der Waals surface area contributed by atoms with Crippen LogP contribution in [0.15, 0.2) is 54.6 Å². The number of hydrogen-bond donors (Lipinski definition) is 1. The molecule has 2 amide bonds. The zero-order valence-corrected chi connectivity index (χ0v) is 18.3. The van der Waals surface area contributed by atoms with Crippen molar-refractivity contribution in [3.05, 3.63) is 76.3 Å². The Morgan fingerprint density at radius 1 is 1.13 bits per heavy atom. The molecule has 0 unspecified atom stereocenters. The first kappa shape index (κ1) is 21.1. The van der Waals surface area contributed by atoms with Gasteiger partial charge in [-0.3, -0.25) is 9.59 Å². The number of rotatable bonds is 7. The van der Waals surface area contributed by atoms with Crippen LogP contribution in [0.3, 0.4) is 0 Å². The number of fused-ring (bicyclic) bond motifs is 1. The highest BCUT2D eigenvalue weighted by Crippen LogP contribution is 2.29. The SMILES string of the molecule is Cc1ccccc1OCCCC(=O)Nc1nc2c(s1)CN(C(=O)c1ccccc1)CC2. The number of ether oxygens (including phenoxy) is 1. The summed E-state index contributed by atoms with van der Waals surface area (Å²) in [4.78, 5) is 32.4. The van der Waals surface area contributed by atoms with Gasteiger partial charge in [0.05, 0.1) is 18.8 Å². The molecule has 4 rings (SSSR count). The second kappa shape index (κ2) is 9.75. The van der Waals surface area contributed by atoms with Gasteiger partial charge in [-0.1, -0.05) is 47.7 Å². The average molecular weight is 436 g/mol. The quantitative estimate of drug-likeness (QED) is 0.557. The molecule has 0 atom stereocenters. The molecule has 0 saturated heterocycles. The van der Waals surface area contributed by atoms with E-state index in [-0.39, 0.29) is 11.8 Å². The molecule has 3 aromatic rings. The second-order valence-electron chi connectivity index (χ2n) is 7.50. The van der Waals surface area contributed by atoms with Crippen molar-refractivity contribution in [1.82, 2.24) is 9.88 Å². The molecular formula is C24H25N3O3S. The van der Waals surface area contributed by atoms with Crippen LogP contribution in [0.5, 0.6) is 5.75 Å². The van der Waals surface area contributed by atoms with E-state index in [0.717, 1.165) is 21.9 Å². The van der Waals surface area contributed by atoms with Crippen molar-refractivity contribution in [2.45, 2.75) is 32.7 Å². The number of hydrogen-bond acceptors (Lipinski definition) is 5. The van der Waals surface area contributed by atoms with Crippen LogP contribution in [0.2, 0.25) is 0 Å². The Balaban J connectivity index is 1.26. The number of amides is 2. The van der Waals surface area contributed by atoms with E-state index in [0.29, 0.717) is 49.7 Å². The first-order valence-electron chi connectivity index (χ1n) is 10.4. The number of para-hydroxylation sites is 1. The molecule has 0 radical (unpaired) electrons. The van der Waals surface area contributed by atoms with E-state index in [1.54, 1.807) is 0 Å². The molecule has 0 spiro atoms. The summed E-state index contributed by atoms with van der Waals surface area (Å²) in [6, 6.07) is 17.1. The number of anilines is 1. The van der Waals surface area contributed by atoms with Crippen molar-refractivity contribution in [1.29, 1.82) is 0 Å². The number of nitrogens with zero attached hydrogens (tertiary/aromatic N) is 2. The Kier molecular flexibility index (Phi) is 6.62. The summed E-state index contributed by atoms with van der Waals surface area (Å²) in [5.41, 5.74) is 2.75. The number of carbonyl (C=O) groups is 2. The van der Waals surface area contributed by atoms with Crippen molar-refractivity contribution < 1.29 is 14.3 Å². The van der Waals surface area contributed by atoms with Gasteiger partial charge in [0.15, 0.2) is 5.13 Å². The first-order chi connectivity index (χ1) is 15.1. The second-order valence-corrected chi connectivity index (χ2v) is 8.58. The molecule has 6 nitrogen and oxygen atoms in total. The van der Waals surface area contributed by atoms with E-state index >= 15 is 0 Å². The van der Waals surface area contributed by atoms with E-state index in [1.807, 2.05) is 66.4 Å². The van der Waals surface area contributed by atoms with Gasteiger partial charge in [-0.05, 0) is 37.1 Å². The summed E-state index contributed by atoms with van der Waals surface area (Å²) in [6.07, 6.45) is 1.70. The fourth-order valence-electron chi connectivity index (χ4n) is 3.50. The highest BCUT2D eigenvalue weighted by Gasteiger charge is 2.25. The lowest BCUT2D eigenvalue weighted by Gasteiger charge is -2.26. The monoisotopic (exact) mass is 435 g/mol. The Labute approximate surface area is 185 Å². The van der Waals surface area contributed by atoms with Gasteiger partial charge in [0, 0.05) is 29.8 Å². The van der Waals surface area contributed by atoms with E-state index in [1.165, 1.54) is 11.3 Å². The minimum atomic E-state index is -0.0725. The predicted molar refractivity (Wildman–Crippen MR) is 122 cm³/mol. The van der Waals surface area contributed by atoms with E-state index in [2.05, 4.69) is 10.3 Å². The molecule has 0 aliphatic carbocycles. The maximum absolute atomic E-state index is 12.7. The Morgan fingerprint density at radius 2 is 1.90 bits per heavy atom. The largest absolute Gasteiger partial charge is 0.493 e. The van der Waals surface area contributed by atoms with E-state index in [4.69, 9.17) is 4.74 Å². The molecule has 0 fully saturated rings. The lowest BCUT2D eigenvalue weighted by molar-refractivity contribution is -0.116. The zero-order chi connectivity index (χ0) is 21.6. The van der Waals surface area contributed by atoms with Crippen molar-refractivity contribution in [3.63, 3.8) is 0 Å². The predicted octanol–water partition coefficient (Wildman–Crippen LogP) is 4.45. The van der Waals surface area contributed by atoms with Gasteiger partial charge in [-0.15, -0.1) is 0 Å². The van der Waals surface area contributed by atoms with Gasteiger partial charge < -0.3 is 15.0 Å². The van der Waals surface area contributed by atoms with E-state index in [9.17, 15) is 9.59 Å². The van der Waals surface area contributed by atoms with Crippen molar-refractivity contribution in [2.75, 3.05) is 18.5 Å². The van der Waals surface area contributed by atoms with Crippen molar-refractivity contribution in [2.24, 2.45) is 0 Å². The minimum absolute atomic E-state index is 0.0267. The molecule has 1 aliphatic rings. The number of thiazole rings is 1. The van der Waals surface area contributed by atoms with Crippen LogP contribution in [-0.2, 0) is 17.8 Å². The molecule has 0 bridgehead atoms. The van der Waals surface area contributed by atoms with Crippen LogP contribution < -0.4 is 10.1 Å². The summed E-state index contributed by atoms with van der Waals surface area (Å²) >= 11 is 1.45. The number of aromatic nitrogens is 1. The van der Waals surface area contributed by atoms with Gasteiger partial charge in [-0.2, -0.15) is 0 Å². The summed E-state index contributed by atoms with van der Waals surface area (Å²) in [6.45, 7) is 3.65. The van der Waals surface area contributed by atoms with Gasteiger partial charge in [0.25, 0.3) is 5.91 Å². The van der Waals surface area contributed by atoms with Crippen LogP contribution in [0, 0.1) is 6.92 Å². The topological polar surface area (TPSA) is 71.5 Å². The minimum Gasteiger partial charge on any atom is -0.493 e. The van der Waals surface area contributed by atoms with Crippen molar-refractivity contribution >= 4 is 28.3 Å². The lowest BCUT2D eigenvalue weighted by Crippen LogP contribution is -2.35. The van der Waals surface area contributed by atoms with Crippen LogP contribution in [0.25, 0.3) is 0 Å². The average Bonchev–Trinajstić information content (AvgIpc) is 3.19. The van der Waals surface area contributed by atoms with Crippen LogP contribution in [0.1, 0.15) is 39.3 Å². The molecule has 160 valence electrons. The number of nitrogens with one attached hydrogen (secondary N) is 1. The third-order valence-electron chi connectivity index (χ3n) is 5.18. The molecular weight excluding hydrogens is 410 g/mol. The number of benzene rings is 2. The highest BCUT2D eigenvalue weighted by atomic mass is 32.1. The fourth-order valence-corrected chi connectivity index (χ4v) is 4.54. The Hall–Kier alpha value is -3.19. The maximum Gasteiger partial charge on any atom is 0.254 e. The molecule has 0 saturated carbocycles. The Bertz CT molecular complexity index is 1060.